The quantitative estimate of drug-likeness (QED) is 0.852. The van der Waals surface area contributed by atoms with E-state index < -0.39 is 6.43 Å². The molecule has 0 aliphatic heterocycles. The van der Waals surface area contributed by atoms with Gasteiger partial charge in [-0.1, -0.05) is 11.6 Å². The summed E-state index contributed by atoms with van der Waals surface area (Å²) in [5.41, 5.74) is 5.32. The fourth-order valence-corrected chi connectivity index (χ4v) is 1.62. The number of pyridine rings is 1. The molecule has 0 saturated carbocycles. The van der Waals surface area contributed by atoms with Gasteiger partial charge in [0.15, 0.2) is 0 Å². The molecule has 0 aliphatic rings. The molecule has 13 heavy (non-hydrogen) atoms. The molecule has 2 nitrogen and oxygen atoms in total. The van der Waals surface area contributed by atoms with E-state index in [1.807, 2.05) is 22.6 Å². The van der Waals surface area contributed by atoms with Gasteiger partial charge in [-0.05, 0) is 28.7 Å². The van der Waals surface area contributed by atoms with Crippen molar-refractivity contribution in [3.8, 4) is 0 Å². The van der Waals surface area contributed by atoms with E-state index in [-0.39, 0.29) is 12.2 Å². The lowest BCUT2D eigenvalue weighted by Gasteiger charge is -2.06. The molecule has 0 radical (unpaired) electrons. The van der Waals surface area contributed by atoms with Gasteiger partial charge in [0.2, 0.25) is 0 Å². The number of alkyl halides is 2. The third-order valence-corrected chi connectivity index (χ3v) is 3.01. The van der Waals surface area contributed by atoms with Crippen molar-refractivity contribution in [3.63, 3.8) is 0 Å². The lowest BCUT2D eigenvalue weighted by atomic mass is 10.3. The highest BCUT2D eigenvalue weighted by Crippen LogP contribution is 2.26. The summed E-state index contributed by atoms with van der Waals surface area (Å²) in [7, 11) is 0. The van der Waals surface area contributed by atoms with Crippen LogP contribution in [0.3, 0.4) is 0 Å². The molecule has 6 heteroatoms. The van der Waals surface area contributed by atoms with Gasteiger partial charge in [0.1, 0.15) is 5.69 Å². The van der Waals surface area contributed by atoms with Crippen LogP contribution in [0.25, 0.3) is 0 Å². The van der Waals surface area contributed by atoms with Crippen LogP contribution < -0.4 is 5.73 Å². The Kier molecular flexibility index (Phi) is 3.81. The normalized spacial score (nSPS) is 10.9. The molecule has 72 valence electrons. The minimum Gasteiger partial charge on any atom is -0.325 e. The van der Waals surface area contributed by atoms with Crippen LogP contribution in [0.1, 0.15) is 17.8 Å². The Hall–Kier alpha value is -0.0100. The third-order valence-electron chi connectivity index (χ3n) is 1.42. The smallest absolute Gasteiger partial charge is 0.280 e. The number of hydrogen-bond acceptors (Lipinski definition) is 2. The SMILES string of the molecule is NCc1nc(C(F)F)cc(I)c1Cl. The predicted molar refractivity (Wildman–Crippen MR) is 54.8 cm³/mol. The fraction of sp³-hybridized carbons (Fsp3) is 0.286. The van der Waals surface area contributed by atoms with Crippen molar-refractivity contribution < 1.29 is 8.78 Å². The number of nitrogens with zero attached hydrogens (tertiary/aromatic N) is 1. The van der Waals surface area contributed by atoms with Gasteiger partial charge in [-0.2, -0.15) is 0 Å². The molecule has 0 atom stereocenters. The Bertz CT molecular complexity index is 320. The first kappa shape index (κ1) is 11.1. The Morgan fingerprint density at radius 3 is 2.69 bits per heavy atom. The van der Waals surface area contributed by atoms with Gasteiger partial charge < -0.3 is 5.73 Å². The molecular formula is C7H6ClF2IN2. The van der Waals surface area contributed by atoms with Crippen LogP contribution in [0.4, 0.5) is 8.78 Å². The van der Waals surface area contributed by atoms with E-state index in [0.717, 1.165) is 0 Å². The zero-order valence-corrected chi connectivity index (χ0v) is 9.31. The van der Waals surface area contributed by atoms with Crippen molar-refractivity contribution in [1.29, 1.82) is 0 Å². The first-order valence-corrected chi connectivity index (χ1v) is 4.85. The Labute approximate surface area is 92.6 Å². The number of rotatable bonds is 2. The zero-order chi connectivity index (χ0) is 10.0. The van der Waals surface area contributed by atoms with Crippen molar-refractivity contribution in [2.75, 3.05) is 0 Å². The molecule has 0 saturated heterocycles. The molecular weight excluding hydrogens is 312 g/mol. The fourth-order valence-electron chi connectivity index (χ4n) is 0.815. The topological polar surface area (TPSA) is 38.9 Å². The molecule has 1 aromatic rings. The molecule has 1 rings (SSSR count). The maximum Gasteiger partial charge on any atom is 0.280 e. The van der Waals surface area contributed by atoms with Crippen LogP contribution >= 0.6 is 34.2 Å². The molecule has 1 heterocycles. The zero-order valence-electron chi connectivity index (χ0n) is 6.40. The molecule has 0 aromatic carbocycles. The van der Waals surface area contributed by atoms with Crippen LogP contribution in [-0.4, -0.2) is 4.98 Å². The molecule has 0 spiro atoms. The number of hydrogen-bond donors (Lipinski definition) is 1. The van der Waals surface area contributed by atoms with Crippen LogP contribution in [0.5, 0.6) is 0 Å². The second-order valence-electron chi connectivity index (χ2n) is 2.29. The average molecular weight is 318 g/mol. The second-order valence-corrected chi connectivity index (χ2v) is 3.83. The summed E-state index contributed by atoms with van der Waals surface area (Å²) in [5, 5.41) is 0.354. The summed E-state index contributed by atoms with van der Waals surface area (Å²) in [6, 6.07) is 1.26. The van der Waals surface area contributed by atoms with E-state index >= 15 is 0 Å². The molecule has 0 unspecified atom stereocenters. The summed E-state index contributed by atoms with van der Waals surface area (Å²) < 4.78 is 25.0. The minimum absolute atomic E-state index is 0.0649. The van der Waals surface area contributed by atoms with Gasteiger partial charge in [-0.3, -0.25) is 0 Å². The maximum absolute atomic E-state index is 12.2. The minimum atomic E-state index is -2.59. The second kappa shape index (κ2) is 4.47. The summed E-state index contributed by atoms with van der Waals surface area (Å²) in [5.74, 6) is 0. The predicted octanol–water partition coefficient (Wildman–Crippen LogP) is 2.74. The van der Waals surface area contributed by atoms with Gasteiger partial charge in [-0.25, -0.2) is 13.8 Å². The Morgan fingerprint density at radius 2 is 2.23 bits per heavy atom. The standard InChI is InChI=1S/C7H6ClF2IN2/c8-6-3(11)1-4(7(9)10)13-5(6)2-12/h1,7H,2,12H2. The van der Waals surface area contributed by atoms with E-state index in [1.54, 1.807) is 0 Å². The van der Waals surface area contributed by atoms with Crippen LogP contribution in [0.2, 0.25) is 5.02 Å². The molecule has 0 bridgehead atoms. The lowest BCUT2D eigenvalue weighted by molar-refractivity contribution is 0.145. The molecule has 0 amide bonds. The van der Waals surface area contributed by atoms with Gasteiger partial charge in [0.25, 0.3) is 6.43 Å². The highest BCUT2D eigenvalue weighted by atomic mass is 127. The van der Waals surface area contributed by atoms with E-state index in [0.29, 0.717) is 14.3 Å². The van der Waals surface area contributed by atoms with E-state index in [1.165, 1.54) is 6.07 Å². The third kappa shape index (κ3) is 2.47. The highest BCUT2D eigenvalue weighted by Gasteiger charge is 2.14. The summed E-state index contributed by atoms with van der Waals surface area (Å²) >= 11 is 7.65. The average Bonchev–Trinajstić information content (AvgIpc) is 2.09. The highest BCUT2D eigenvalue weighted by molar-refractivity contribution is 14.1. The van der Waals surface area contributed by atoms with Crippen molar-refractivity contribution in [3.05, 3.63) is 26.0 Å². The van der Waals surface area contributed by atoms with E-state index in [2.05, 4.69) is 4.98 Å². The van der Waals surface area contributed by atoms with Gasteiger partial charge in [0.05, 0.1) is 10.7 Å². The Morgan fingerprint density at radius 1 is 1.62 bits per heavy atom. The van der Waals surface area contributed by atoms with Gasteiger partial charge >= 0.3 is 0 Å². The largest absolute Gasteiger partial charge is 0.325 e. The maximum atomic E-state index is 12.2. The van der Waals surface area contributed by atoms with E-state index in [4.69, 9.17) is 17.3 Å². The molecule has 2 N–H and O–H groups in total. The van der Waals surface area contributed by atoms with E-state index in [9.17, 15) is 8.78 Å². The van der Waals surface area contributed by atoms with Crippen molar-refractivity contribution in [2.45, 2.75) is 13.0 Å². The number of aromatic nitrogens is 1. The first-order valence-electron chi connectivity index (χ1n) is 3.39. The van der Waals surface area contributed by atoms with Crippen molar-refractivity contribution in [1.82, 2.24) is 4.98 Å². The monoisotopic (exact) mass is 318 g/mol. The summed E-state index contributed by atoms with van der Waals surface area (Å²) in [4.78, 5) is 3.64. The lowest BCUT2D eigenvalue weighted by Crippen LogP contribution is -2.04. The van der Waals surface area contributed by atoms with Gasteiger partial charge in [-0.15, -0.1) is 0 Å². The van der Waals surface area contributed by atoms with Crippen LogP contribution in [0.15, 0.2) is 6.07 Å². The molecule has 1 aromatic heterocycles. The molecule has 0 aliphatic carbocycles. The van der Waals surface area contributed by atoms with Crippen LogP contribution in [0, 0.1) is 3.57 Å². The van der Waals surface area contributed by atoms with Gasteiger partial charge in [0, 0.05) is 10.1 Å². The Balaban J connectivity index is 3.22. The van der Waals surface area contributed by atoms with Crippen molar-refractivity contribution in [2.24, 2.45) is 5.73 Å². The van der Waals surface area contributed by atoms with Crippen molar-refractivity contribution >= 4 is 34.2 Å². The summed E-state index contributed by atoms with van der Waals surface area (Å²) in [6.07, 6.45) is -2.59. The molecule has 0 fully saturated rings. The number of nitrogens with two attached hydrogens (primary N) is 1. The van der Waals surface area contributed by atoms with Crippen LogP contribution in [-0.2, 0) is 6.54 Å². The summed E-state index contributed by atoms with van der Waals surface area (Å²) in [6.45, 7) is 0.0649. The number of halogens is 4. The first-order chi connectivity index (χ1) is 6.06.